The Balaban J connectivity index is 2.53. The van der Waals surface area contributed by atoms with E-state index in [0.717, 1.165) is 17.3 Å². The number of rotatable bonds is 3. The lowest BCUT2D eigenvalue weighted by Crippen LogP contribution is -2.34. The van der Waals surface area contributed by atoms with Gasteiger partial charge in [-0.15, -0.1) is 0 Å². The molecule has 0 saturated carbocycles. The van der Waals surface area contributed by atoms with Crippen molar-refractivity contribution in [3.8, 4) is 0 Å². The molecule has 100 valence electrons. The van der Waals surface area contributed by atoms with E-state index in [4.69, 9.17) is 11.6 Å². The average molecular weight is 277 g/mol. The van der Waals surface area contributed by atoms with Gasteiger partial charge < -0.3 is 4.90 Å². The Bertz CT molecular complexity index is 612. The van der Waals surface area contributed by atoms with Gasteiger partial charge in [0, 0.05) is 18.5 Å². The average Bonchev–Trinajstić information content (AvgIpc) is 2.43. The molecule has 4 heteroatoms. The molecule has 0 spiro atoms. The summed E-state index contributed by atoms with van der Waals surface area (Å²) < 4.78 is 0. The lowest BCUT2D eigenvalue weighted by molar-refractivity contribution is 0.0742. The second kappa shape index (κ2) is 5.57. The molecule has 0 aliphatic heterocycles. The van der Waals surface area contributed by atoms with Gasteiger partial charge in [-0.2, -0.15) is 0 Å². The molecule has 3 nitrogen and oxygen atoms in total. The third kappa shape index (κ3) is 2.71. The number of nitrogens with zero attached hydrogens (tertiary/aromatic N) is 2. The van der Waals surface area contributed by atoms with Gasteiger partial charge in [-0.3, -0.25) is 4.79 Å². The molecule has 2 rings (SSSR count). The van der Waals surface area contributed by atoms with Crippen LogP contribution in [-0.4, -0.2) is 28.9 Å². The van der Waals surface area contributed by atoms with Crippen molar-refractivity contribution in [2.45, 2.75) is 26.3 Å². The number of amides is 1. The summed E-state index contributed by atoms with van der Waals surface area (Å²) in [5, 5.41) is 1.19. The Kier molecular flexibility index (Phi) is 4.05. The van der Waals surface area contributed by atoms with Crippen molar-refractivity contribution in [2.75, 3.05) is 7.05 Å². The minimum Gasteiger partial charge on any atom is -0.339 e. The van der Waals surface area contributed by atoms with Crippen molar-refractivity contribution in [3.05, 3.63) is 41.0 Å². The molecule has 2 aromatic rings. The van der Waals surface area contributed by atoms with E-state index in [1.807, 2.05) is 38.2 Å². The summed E-state index contributed by atoms with van der Waals surface area (Å²) in [7, 11) is 1.82. The summed E-state index contributed by atoms with van der Waals surface area (Å²) in [6, 6.07) is 9.39. The van der Waals surface area contributed by atoms with Crippen LogP contribution in [0.5, 0.6) is 0 Å². The lowest BCUT2D eigenvalue weighted by Gasteiger charge is -2.24. The first-order chi connectivity index (χ1) is 9.04. The Labute approximate surface area is 118 Å². The number of carbonyl (C=O) groups is 1. The Hall–Kier alpha value is -1.61. The summed E-state index contributed by atoms with van der Waals surface area (Å²) in [6.45, 7) is 4.09. The molecular weight excluding hydrogens is 260 g/mol. The van der Waals surface area contributed by atoms with Crippen LogP contribution in [0.2, 0.25) is 5.15 Å². The molecule has 1 unspecified atom stereocenters. The summed E-state index contributed by atoms with van der Waals surface area (Å²) in [4.78, 5) is 18.5. The largest absolute Gasteiger partial charge is 0.339 e. The van der Waals surface area contributed by atoms with E-state index < -0.39 is 0 Å². The van der Waals surface area contributed by atoms with Crippen LogP contribution in [0.3, 0.4) is 0 Å². The molecule has 0 radical (unpaired) electrons. The molecule has 0 fully saturated rings. The van der Waals surface area contributed by atoms with Crippen LogP contribution in [0.15, 0.2) is 30.3 Å². The molecule has 1 amide bonds. The molecule has 0 bridgehead atoms. The van der Waals surface area contributed by atoms with Crippen molar-refractivity contribution in [1.82, 2.24) is 9.88 Å². The first kappa shape index (κ1) is 13.8. The van der Waals surface area contributed by atoms with Crippen LogP contribution >= 0.6 is 11.6 Å². The zero-order valence-electron chi connectivity index (χ0n) is 11.4. The van der Waals surface area contributed by atoms with Gasteiger partial charge in [0.25, 0.3) is 5.91 Å². The Morgan fingerprint density at radius 1 is 1.42 bits per heavy atom. The predicted octanol–water partition coefficient (Wildman–Crippen LogP) is 3.76. The number of halogens is 1. The molecule has 0 saturated heterocycles. The number of fused-ring (bicyclic) bond motifs is 1. The monoisotopic (exact) mass is 276 g/mol. The van der Waals surface area contributed by atoms with E-state index in [2.05, 4.69) is 11.9 Å². The molecule has 1 aromatic carbocycles. The van der Waals surface area contributed by atoms with Gasteiger partial charge in [-0.25, -0.2) is 4.98 Å². The van der Waals surface area contributed by atoms with Gasteiger partial charge in [-0.05, 0) is 25.5 Å². The van der Waals surface area contributed by atoms with Gasteiger partial charge >= 0.3 is 0 Å². The highest BCUT2D eigenvalue weighted by atomic mass is 35.5. The van der Waals surface area contributed by atoms with Crippen LogP contribution in [0, 0.1) is 0 Å². The van der Waals surface area contributed by atoms with E-state index in [1.165, 1.54) is 0 Å². The highest BCUT2D eigenvalue weighted by Gasteiger charge is 2.19. The molecule has 1 heterocycles. The standard InChI is InChI=1S/C15H17ClN2O/c1-4-10(2)18(3)15(19)12-9-14(16)17-13-8-6-5-7-11(12)13/h5-10H,4H2,1-3H3. The van der Waals surface area contributed by atoms with E-state index >= 15 is 0 Å². The second-order valence-corrected chi connectivity index (χ2v) is 5.07. The van der Waals surface area contributed by atoms with Gasteiger partial charge in [0.2, 0.25) is 0 Å². The van der Waals surface area contributed by atoms with Crippen LogP contribution in [-0.2, 0) is 0 Å². The highest BCUT2D eigenvalue weighted by Crippen LogP contribution is 2.22. The predicted molar refractivity (Wildman–Crippen MR) is 78.6 cm³/mol. The topological polar surface area (TPSA) is 33.2 Å². The second-order valence-electron chi connectivity index (χ2n) is 4.68. The van der Waals surface area contributed by atoms with Gasteiger partial charge in [0.05, 0.1) is 11.1 Å². The van der Waals surface area contributed by atoms with Crippen molar-refractivity contribution < 1.29 is 4.79 Å². The van der Waals surface area contributed by atoms with E-state index in [1.54, 1.807) is 11.0 Å². The van der Waals surface area contributed by atoms with Gasteiger partial charge in [0.15, 0.2) is 0 Å². The van der Waals surface area contributed by atoms with Gasteiger partial charge in [-0.1, -0.05) is 36.7 Å². The molecule has 0 aliphatic carbocycles. The quantitative estimate of drug-likeness (QED) is 0.800. The van der Waals surface area contributed by atoms with Crippen molar-refractivity contribution in [3.63, 3.8) is 0 Å². The number of hydrogen-bond donors (Lipinski definition) is 0. The molecule has 0 aliphatic rings. The smallest absolute Gasteiger partial charge is 0.254 e. The summed E-state index contributed by atoms with van der Waals surface area (Å²) in [5.41, 5.74) is 1.36. The van der Waals surface area contributed by atoms with E-state index in [-0.39, 0.29) is 11.9 Å². The number of pyridine rings is 1. The van der Waals surface area contributed by atoms with Crippen molar-refractivity contribution in [1.29, 1.82) is 0 Å². The molecule has 0 N–H and O–H groups in total. The molecular formula is C15H17ClN2O. The number of hydrogen-bond acceptors (Lipinski definition) is 2. The maximum Gasteiger partial charge on any atom is 0.254 e. The number of benzene rings is 1. The van der Waals surface area contributed by atoms with E-state index in [9.17, 15) is 4.79 Å². The maximum absolute atomic E-state index is 12.6. The van der Waals surface area contributed by atoms with Crippen LogP contribution in [0.25, 0.3) is 10.9 Å². The molecule has 1 aromatic heterocycles. The van der Waals surface area contributed by atoms with E-state index in [0.29, 0.717) is 10.7 Å². The SMILES string of the molecule is CCC(C)N(C)C(=O)c1cc(Cl)nc2ccccc12. The summed E-state index contributed by atoms with van der Waals surface area (Å²) in [5.74, 6) is -0.0187. The minimum atomic E-state index is -0.0187. The number of aromatic nitrogens is 1. The van der Waals surface area contributed by atoms with Gasteiger partial charge in [0.1, 0.15) is 5.15 Å². The minimum absolute atomic E-state index is 0.0187. The highest BCUT2D eigenvalue weighted by molar-refractivity contribution is 6.30. The maximum atomic E-state index is 12.6. The van der Waals surface area contributed by atoms with Crippen LogP contribution < -0.4 is 0 Å². The number of carbonyl (C=O) groups excluding carboxylic acids is 1. The third-order valence-corrected chi connectivity index (χ3v) is 3.68. The summed E-state index contributed by atoms with van der Waals surface area (Å²) in [6.07, 6.45) is 0.916. The first-order valence-electron chi connectivity index (χ1n) is 6.37. The van der Waals surface area contributed by atoms with Crippen molar-refractivity contribution >= 4 is 28.4 Å². The summed E-state index contributed by atoms with van der Waals surface area (Å²) >= 11 is 6.00. The zero-order chi connectivity index (χ0) is 14.0. The number of para-hydroxylation sites is 1. The zero-order valence-corrected chi connectivity index (χ0v) is 12.1. The Morgan fingerprint density at radius 3 is 2.79 bits per heavy atom. The molecule has 19 heavy (non-hydrogen) atoms. The Morgan fingerprint density at radius 2 is 2.11 bits per heavy atom. The van der Waals surface area contributed by atoms with Crippen LogP contribution in [0.1, 0.15) is 30.6 Å². The fourth-order valence-corrected chi connectivity index (χ4v) is 2.18. The van der Waals surface area contributed by atoms with Crippen molar-refractivity contribution in [2.24, 2.45) is 0 Å². The first-order valence-corrected chi connectivity index (χ1v) is 6.74. The molecule has 1 atom stereocenters. The fourth-order valence-electron chi connectivity index (χ4n) is 1.98. The third-order valence-electron chi connectivity index (χ3n) is 3.49. The fraction of sp³-hybridized carbons (Fsp3) is 0.333. The van der Waals surface area contributed by atoms with Crippen LogP contribution in [0.4, 0.5) is 0 Å². The lowest BCUT2D eigenvalue weighted by atomic mass is 10.1. The normalized spacial score (nSPS) is 12.4.